The number of anilines is 2. The zero-order valence-electron chi connectivity index (χ0n) is 16.5. The molecule has 6 heteroatoms. The van der Waals surface area contributed by atoms with E-state index < -0.39 is 0 Å². The SMILES string of the molecule is Cc1cc(N2CC3CC(C2)N3CC(=O)Nc2cccc(C)c2C)nc(C)n1. The predicted molar refractivity (Wildman–Crippen MR) is 107 cm³/mol. The van der Waals surface area contributed by atoms with Gasteiger partial charge in [-0.15, -0.1) is 0 Å². The van der Waals surface area contributed by atoms with Crippen LogP contribution in [0.4, 0.5) is 11.5 Å². The Labute approximate surface area is 160 Å². The summed E-state index contributed by atoms with van der Waals surface area (Å²) >= 11 is 0. The summed E-state index contributed by atoms with van der Waals surface area (Å²) < 4.78 is 0. The van der Waals surface area contributed by atoms with Crippen molar-refractivity contribution in [1.82, 2.24) is 14.9 Å². The van der Waals surface area contributed by atoms with Crippen molar-refractivity contribution in [2.24, 2.45) is 0 Å². The van der Waals surface area contributed by atoms with Crippen LogP contribution in [0.15, 0.2) is 24.3 Å². The highest BCUT2D eigenvalue weighted by atomic mass is 16.2. The number of hydrogen-bond donors (Lipinski definition) is 1. The molecule has 3 aliphatic heterocycles. The molecule has 142 valence electrons. The van der Waals surface area contributed by atoms with Crippen molar-refractivity contribution in [2.75, 3.05) is 29.9 Å². The monoisotopic (exact) mass is 365 g/mol. The van der Waals surface area contributed by atoms with E-state index in [-0.39, 0.29) is 5.91 Å². The van der Waals surface area contributed by atoms with Crippen LogP contribution in [-0.2, 0) is 4.79 Å². The van der Waals surface area contributed by atoms with Gasteiger partial charge in [0, 0.05) is 42.6 Å². The van der Waals surface area contributed by atoms with Crippen molar-refractivity contribution in [3.8, 4) is 0 Å². The quantitative estimate of drug-likeness (QED) is 0.902. The van der Waals surface area contributed by atoms with Gasteiger partial charge in [0.15, 0.2) is 0 Å². The average Bonchev–Trinajstić information content (AvgIpc) is 2.63. The molecule has 0 spiro atoms. The van der Waals surface area contributed by atoms with E-state index in [4.69, 9.17) is 0 Å². The molecule has 0 radical (unpaired) electrons. The van der Waals surface area contributed by atoms with E-state index in [1.807, 2.05) is 32.9 Å². The molecule has 2 bridgehead atoms. The highest BCUT2D eigenvalue weighted by molar-refractivity contribution is 5.93. The number of hydrogen-bond acceptors (Lipinski definition) is 5. The Balaban J connectivity index is 1.37. The van der Waals surface area contributed by atoms with E-state index in [0.717, 1.165) is 48.1 Å². The number of piperidine rings is 1. The number of rotatable bonds is 4. The summed E-state index contributed by atoms with van der Waals surface area (Å²) in [6.45, 7) is 10.4. The van der Waals surface area contributed by atoms with Crippen LogP contribution in [0.5, 0.6) is 0 Å². The number of carbonyl (C=O) groups excluding carboxylic acids is 1. The fraction of sp³-hybridized carbons (Fsp3) is 0.476. The Kier molecular flexibility index (Phi) is 4.60. The molecule has 27 heavy (non-hydrogen) atoms. The fourth-order valence-corrected chi connectivity index (χ4v) is 4.23. The summed E-state index contributed by atoms with van der Waals surface area (Å²) in [7, 11) is 0. The van der Waals surface area contributed by atoms with Crippen molar-refractivity contribution >= 4 is 17.4 Å². The minimum atomic E-state index is 0.0700. The smallest absolute Gasteiger partial charge is 0.238 e. The molecule has 1 N–H and O–H groups in total. The number of fused-ring (bicyclic) bond motifs is 2. The lowest BCUT2D eigenvalue weighted by Crippen LogP contribution is -2.69. The van der Waals surface area contributed by atoms with Crippen LogP contribution in [0.3, 0.4) is 0 Å². The molecule has 2 unspecified atom stereocenters. The zero-order chi connectivity index (χ0) is 19.1. The molecular formula is C21H27N5O. The molecule has 0 saturated carbocycles. The average molecular weight is 365 g/mol. The van der Waals surface area contributed by atoms with Gasteiger partial charge in [0.25, 0.3) is 0 Å². The Hall–Kier alpha value is -2.47. The van der Waals surface area contributed by atoms with Gasteiger partial charge < -0.3 is 10.2 Å². The summed E-state index contributed by atoms with van der Waals surface area (Å²) in [6.07, 6.45) is 1.16. The standard InChI is InChI=1S/C21H27N5O/c1-13-6-5-7-19(15(13)3)24-21(27)12-26-17-9-18(26)11-25(10-17)20-8-14(2)22-16(4)23-20/h5-8,17-18H,9-12H2,1-4H3,(H,24,27). The van der Waals surface area contributed by atoms with Crippen LogP contribution >= 0.6 is 0 Å². The molecule has 1 aromatic heterocycles. The number of aromatic nitrogens is 2. The second-order valence-corrected chi connectivity index (χ2v) is 7.83. The van der Waals surface area contributed by atoms with Gasteiger partial charge >= 0.3 is 0 Å². The predicted octanol–water partition coefficient (Wildman–Crippen LogP) is 2.61. The van der Waals surface area contributed by atoms with E-state index in [2.05, 4.69) is 44.1 Å². The van der Waals surface area contributed by atoms with Crippen LogP contribution in [0.25, 0.3) is 0 Å². The number of aryl methyl sites for hydroxylation is 3. The lowest BCUT2D eigenvalue weighted by molar-refractivity contribution is -0.121. The van der Waals surface area contributed by atoms with Crippen molar-refractivity contribution < 1.29 is 4.79 Å². The second-order valence-electron chi connectivity index (χ2n) is 7.83. The number of carbonyl (C=O) groups is 1. The van der Waals surface area contributed by atoms with Gasteiger partial charge in [0.05, 0.1) is 6.54 Å². The highest BCUT2D eigenvalue weighted by Gasteiger charge is 2.45. The molecule has 3 saturated heterocycles. The van der Waals surface area contributed by atoms with Gasteiger partial charge in [-0.05, 0) is 51.3 Å². The van der Waals surface area contributed by atoms with E-state index in [0.29, 0.717) is 18.6 Å². The maximum Gasteiger partial charge on any atom is 0.238 e. The van der Waals surface area contributed by atoms with Crippen molar-refractivity contribution in [3.05, 3.63) is 46.9 Å². The molecule has 2 aromatic rings. The molecule has 4 heterocycles. The summed E-state index contributed by atoms with van der Waals surface area (Å²) in [4.78, 5) is 26.2. The van der Waals surface area contributed by atoms with Crippen molar-refractivity contribution in [3.63, 3.8) is 0 Å². The number of nitrogens with zero attached hydrogens (tertiary/aromatic N) is 4. The number of nitrogens with one attached hydrogen (secondary N) is 1. The maximum absolute atomic E-state index is 12.6. The van der Waals surface area contributed by atoms with Crippen LogP contribution in [0.1, 0.15) is 29.1 Å². The third kappa shape index (κ3) is 3.54. The first kappa shape index (κ1) is 17.9. The lowest BCUT2D eigenvalue weighted by atomic mass is 9.87. The summed E-state index contributed by atoms with van der Waals surface area (Å²) in [5.74, 6) is 1.89. The minimum absolute atomic E-state index is 0.0700. The third-order valence-electron chi connectivity index (χ3n) is 5.83. The second kappa shape index (κ2) is 6.93. The number of benzene rings is 1. The molecule has 5 rings (SSSR count). The highest BCUT2D eigenvalue weighted by Crippen LogP contribution is 2.34. The molecule has 2 atom stereocenters. The Morgan fingerprint density at radius 3 is 2.59 bits per heavy atom. The van der Waals surface area contributed by atoms with Crippen molar-refractivity contribution in [1.29, 1.82) is 0 Å². The largest absolute Gasteiger partial charge is 0.353 e. The Morgan fingerprint density at radius 1 is 1.15 bits per heavy atom. The molecule has 3 aliphatic rings. The van der Waals surface area contributed by atoms with Gasteiger partial charge in [0.2, 0.25) is 5.91 Å². The topological polar surface area (TPSA) is 61.4 Å². The lowest BCUT2D eigenvalue weighted by Gasteiger charge is -2.56. The van der Waals surface area contributed by atoms with Gasteiger partial charge in [-0.25, -0.2) is 9.97 Å². The number of amides is 1. The van der Waals surface area contributed by atoms with E-state index in [1.54, 1.807) is 0 Å². The first-order valence-electron chi connectivity index (χ1n) is 9.60. The molecule has 1 aromatic carbocycles. The first-order valence-corrected chi connectivity index (χ1v) is 9.60. The van der Waals surface area contributed by atoms with E-state index >= 15 is 0 Å². The maximum atomic E-state index is 12.6. The third-order valence-corrected chi connectivity index (χ3v) is 5.83. The van der Waals surface area contributed by atoms with E-state index in [1.165, 1.54) is 5.56 Å². The van der Waals surface area contributed by atoms with Crippen LogP contribution in [-0.4, -0.2) is 52.5 Å². The molecule has 3 fully saturated rings. The van der Waals surface area contributed by atoms with Gasteiger partial charge in [-0.2, -0.15) is 0 Å². The Morgan fingerprint density at radius 2 is 1.89 bits per heavy atom. The van der Waals surface area contributed by atoms with Crippen LogP contribution in [0.2, 0.25) is 0 Å². The van der Waals surface area contributed by atoms with E-state index in [9.17, 15) is 4.79 Å². The van der Waals surface area contributed by atoms with Crippen molar-refractivity contribution in [2.45, 2.75) is 46.2 Å². The fourth-order valence-electron chi connectivity index (χ4n) is 4.23. The Bertz CT molecular complexity index is 849. The molecular weight excluding hydrogens is 338 g/mol. The summed E-state index contributed by atoms with van der Waals surface area (Å²) in [6, 6.07) is 8.91. The van der Waals surface area contributed by atoms with Gasteiger partial charge in [-0.3, -0.25) is 9.69 Å². The first-order chi connectivity index (χ1) is 12.9. The number of piperazine rings is 1. The van der Waals surface area contributed by atoms with Crippen LogP contribution < -0.4 is 10.2 Å². The molecule has 1 amide bonds. The minimum Gasteiger partial charge on any atom is -0.353 e. The normalized spacial score (nSPS) is 21.7. The zero-order valence-corrected chi connectivity index (χ0v) is 16.5. The molecule has 6 nitrogen and oxygen atoms in total. The summed E-state index contributed by atoms with van der Waals surface area (Å²) in [5.41, 5.74) is 4.25. The molecule has 0 aliphatic carbocycles. The summed E-state index contributed by atoms with van der Waals surface area (Å²) in [5, 5.41) is 3.08. The van der Waals surface area contributed by atoms with Gasteiger partial charge in [-0.1, -0.05) is 12.1 Å². The van der Waals surface area contributed by atoms with Gasteiger partial charge in [0.1, 0.15) is 11.6 Å². The van der Waals surface area contributed by atoms with Crippen LogP contribution in [0, 0.1) is 27.7 Å².